The predicted molar refractivity (Wildman–Crippen MR) is 358 cm³/mol. The molecule has 1 unspecified atom stereocenters. The predicted octanol–water partition coefficient (Wildman–Crippen LogP) is 24.8. The van der Waals surface area contributed by atoms with Crippen molar-refractivity contribution in [3.63, 3.8) is 0 Å². The fourth-order valence-electron chi connectivity index (χ4n) is 10.6. The SMILES string of the molecule is CC/C=C\C/C=C\C/C=C\C/C=C\CCCCCCCCCCC(=O)OC(COC(=O)CCCCCCC/C=C\C/C=C\CCCC)COC(=O)CCCCCCCCCCCCCCCCCCCCCCCCCCCCCCC. The minimum absolute atomic E-state index is 0.0801. The number of carbonyl (C=O) groups excluding carboxylic acids is 3. The number of hydrogen-bond acceptors (Lipinski definition) is 6. The lowest BCUT2D eigenvalue weighted by Gasteiger charge is -2.18. The molecule has 0 aliphatic carbocycles. The van der Waals surface area contributed by atoms with E-state index in [-0.39, 0.29) is 31.1 Å². The van der Waals surface area contributed by atoms with Crippen molar-refractivity contribution < 1.29 is 28.6 Å². The molecule has 6 heteroatoms. The summed E-state index contributed by atoms with van der Waals surface area (Å²) in [5, 5.41) is 0. The Labute approximate surface area is 510 Å². The third kappa shape index (κ3) is 67.6. The van der Waals surface area contributed by atoms with Crippen LogP contribution in [0.25, 0.3) is 0 Å². The van der Waals surface area contributed by atoms with Crippen molar-refractivity contribution in [3.8, 4) is 0 Å². The molecule has 0 aromatic rings. The van der Waals surface area contributed by atoms with Gasteiger partial charge in [0.1, 0.15) is 13.2 Å². The van der Waals surface area contributed by atoms with Gasteiger partial charge < -0.3 is 14.2 Å². The zero-order valence-electron chi connectivity index (χ0n) is 54.8. The highest BCUT2D eigenvalue weighted by atomic mass is 16.6. The highest BCUT2D eigenvalue weighted by molar-refractivity contribution is 5.71. The van der Waals surface area contributed by atoms with Gasteiger partial charge in [-0.3, -0.25) is 14.4 Å². The third-order valence-electron chi connectivity index (χ3n) is 15.9. The third-order valence-corrected chi connectivity index (χ3v) is 15.9. The molecule has 0 aromatic heterocycles. The molecular weight excluding hydrogens is 1010 g/mol. The van der Waals surface area contributed by atoms with Crippen molar-refractivity contribution in [1.82, 2.24) is 0 Å². The Morgan fingerprint density at radius 2 is 0.488 bits per heavy atom. The molecule has 0 N–H and O–H groups in total. The van der Waals surface area contributed by atoms with Crippen molar-refractivity contribution >= 4 is 17.9 Å². The van der Waals surface area contributed by atoms with E-state index in [1.165, 1.54) is 225 Å². The van der Waals surface area contributed by atoms with Crippen molar-refractivity contribution in [3.05, 3.63) is 72.9 Å². The van der Waals surface area contributed by atoms with Gasteiger partial charge in [0.15, 0.2) is 6.10 Å². The molecule has 0 saturated carbocycles. The summed E-state index contributed by atoms with van der Waals surface area (Å²) in [6, 6.07) is 0. The number of unbranched alkanes of at least 4 members (excludes halogenated alkanes) is 43. The summed E-state index contributed by atoms with van der Waals surface area (Å²) in [6.07, 6.45) is 92.3. The molecule has 0 bridgehead atoms. The summed E-state index contributed by atoms with van der Waals surface area (Å²) in [4.78, 5) is 38.4. The van der Waals surface area contributed by atoms with Gasteiger partial charge in [0.2, 0.25) is 0 Å². The standard InChI is InChI=1S/C76H136O6/c1-4-7-10-13-16-19-22-25-28-30-32-34-35-36-37-38-39-40-41-43-44-46-48-51-54-57-60-63-66-69-75(78)81-72-73(71-80-74(77)68-65-62-59-56-53-50-27-24-21-18-15-12-9-6-3)82-76(79)70-67-64-61-58-55-52-49-47-45-42-33-31-29-26-23-20-17-14-11-8-5-2/h8,11,15,17-18,20,24,26-27,29,33,42,73H,4-7,9-10,12-14,16,19,21-23,25,28,30-32,34-41,43-72H2,1-3H3/b11-8-,18-15-,20-17-,27-24-,29-26-,42-33-. The number of allylic oxidation sites excluding steroid dienone is 12. The summed E-state index contributed by atoms with van der Waals surface area (Å²) >= 11 is 0. The van der Waals surface area contributed by atoms with Gasteiger partial charge in [-0.15, -0.1) is 0 Å². The van der Waals surface area contributed by atoms with Crippen LogP contribution in [0.3, 0.4) is 0 Å². The normalized spacial score (nSPS) is 12.5. The minimum atomic E-state index is -0.787. The molecule has 0 rings (SSSR count). The van der Waals surface area contributed by atoms with Crippen LogP contribution in [-0.4, -0.2) is 37.2 Å². The van der Waals surface area contributed by atoms with Crippen LogP contribution in [-0.2, 0) is 28.6 Å². The van der Waals surface area contributed by atoms with E-state index in [9.17, 15) is 14.4 Å². The quantitative estimate of drug-likeness (QED) is 0.0261. The van der Waals surface area contributed by atoms with E-state index in [0.29, 0.717) is 19.3 Å². The monoisotopic (exact) mass is 1150 g/mol. The number of hydrogen-bond donors (Lipinski definition) is 0. The lowest BCUT2D eigenvalue weighted by Crippen LogP contribution is -2.30. The Hall–Kier alpha value is -3.15. The molecule has 6 nitrogen and oxygen atoms in total. The van der Waals surface area contributed by atoms with E-state index >= 15 is 0 Å². The topological polar surface area (TPSA) is 78.9 Å². The summed E-state index contributed by atoms with van der Waals surface area (Å²) in [5.41, 5.74) is 0. The van der Waals surface area contributed by atoms with Crippen molar-refractivity contribution in [2.24, 2.45) is 0 Å². The van der Waals surface area contributed by atoms with Gasteiger partial charge in [0.25, 0.3) is 0 Å². The smallest absolute Gasteiger partial charge is 0.306 e. The van der Waals surface area contributed by atoms with Crippen molar-refractivity contribution in [2.45, 2.75) is 380 Å². The zero-order valence-corrected chi connectivity index (χ0v) is 54.8. The van der Waals surface area contributed by atoms with Gasteiger partial charge in [0.05, 0.1) is 0 Å². The minimum Gasteiger partial charge on any atom is -0.462 e. The largest absolute Gasteiger partial charge is 0.462 e. The maximum atomic E-state index is 12.9. The Bertz CT molecular complexity index is 1500. The molecule has 0 radical (unpaired) electrons. The summed E-state index contributed by atoms with van der Waals surface area (Å²) < 4.78 is 17.0. The highest BCUT2D eigenvalue weighted by Crippen LogP contribution is 2.18. The van der Waals surface area contributed by atoms with Gasteiger partial charge in [-0.25, -0.2) is 0 Å². The van der Waals surface area contributed by atoms with E-state index in [4.69, 9.17) is 14.2 Å². The van der Waals surface area contributed by atoms with E-state index in [0.717, 1.165) is 109 Å². The zero-order chi connectivity index (χ0) is 59.2. The molecule has 0 fully saturated rings. The Morgan fingerprint density at radius 1 is 0.256 bits per heavy atom. The van der Waals surface area contributed by atoms with E-state index in [1.54, 1.807) is 0 Å². The van der Waals surface area contributed by atoms with E-state index in [1.807, 2.05) is 0 Å². The second-order valence-corrected chi connectivity index (χ2v) is 24.1. The van der Waals surface area contributed by atoms with Gasteiger partial charge in [0, 0.05) is 19.3 Å². The first-order valence-electron chi connectivity index (χ1n) is 35.9. The van der Waals surface area contributed by atoms with Crippen LogP contribution in [0, 0.1) is 0 Å². The summed E-state index contributed by atoms with van der Waals surface area (Å²) in [7, 11) is 0. The van der Waals surface area contributed by atoms with Crippen LogP contribution >= 0.6 is 0 Å². The second-order valence-electron chi connectivity index (χ2n) is 24.1. The average molecular weight is 1150 g/mol. The summed E-state index contributed by atoms with van der Waals surface area (Å²) in [6.45, 7) is 6.53. The Balaban J connectivity index is 4.23. The molecule has 0 spiro atoms. The molecule has 0 aromatic carbocycles. The Kier molecular flexibility index (Phi) is 67.6. The molecule has 476 valence electrons. The molecule has 0 saturated heterocycles. The first-order valence-corrected chi connectivity index (χ1v) is 35.9. The molecule has 0 heterocycles. The Morgan fingerprint density at radius 3 is 0.780 bits per heavy atom. The average Bonchev–Trinajstić information content (AvgIpc) is 3.47. The van der Waals surface area contributed by atoms with Gasteiger partial charge >= 0.3 is 17.9 Å². The first-order chi connectivity index (χ1) is 40.5. The molecular formula is C76H136O6. The lowest BCUT2D eigenvalue weighted by atomic mass is 10.0. The molecule has 82 heavy (non-hydrogen) atoms. The number of rotatable bonds is 66. The van der Waals surface area contributed by atoms with E-state index in [2.05, 4.69) is 93.7 Å². The maximum absolute atomic E-state index is 12.9. The molecule has 0 aliphatic rings. The van der Waals surface area contributed by atoms with Crippen molar-refractivity contribution in [1.29, 1.82) is 0 Å². The van der Waals surface area contributed by atoms with Crippen molar-refractivity contribution in [2.75, 3.05) is 13.2 Å². The second kappa shape index (κ2) is 70.3. The summed E-state index contributed by atoms with van der Waals surface area (Å²) in [5.74, 6) is -0.882. The van der Waals surface area contributed by atoms with Crippen LogP contribution < -0.4 is 0 Å². The highest BCUT2D eigenvalue weighted by Gasteiger charge is 2.19. The fraction of sp³-hybridized carbons (Fsp3) is 0.803. The van der Waals surface area contributed by atoms with Crippen LogP contribution in [0.15, 0.2) is 72.9 Å². The van der Waals surface area contributed by atoms with Gasteiger partial charge in [-0.1, -0.05) is 344 Å². The number of esters is 3. The van der Waals surface area contributed by atoms with Crippen LogP contribution in [0.4, 0.5) is 0 Å². The molecule has 1 atom stereocenters. The lowest BCUT2D eigenvalue weighted by molar-refractivity contribution is -0.167. The fourth-order valence-corrected chi connectivity index (χ4v) is 10.6. The number of carbonyl (C=O) groups is 3. The van der Waals surface area contributed by atoms with Crippen LogP contribution in [0.2, 0.25) is 0 Å². The first kappa shape index (κ1) is 78.8. The number of ether oxygens (including phenoxy) is 3. The molecule has 0 amide bonds. The van der Waals surface area contributed by atoms with Gasteiger partial charge in [-0.2, -0.15) is 0 Å². The maximum Gasteiger partial charge on any atom is 0.306 e. The van der Waals surface area contributed by atoms with Crippen LogP contribution in [0.5, 0.6) is 0 Å². The molecule has 0 aliphatic heterocycles. The van der Waals surface area contributed by atoms with Crippen LogP contribution in [0.1, 0.15) is 374 Å². The van der Waals surface area contributed by atoms with E-state index < -0.39 is 6.10 Å². The van der Waals surface area contributed by atoms with Gasteiger partial charge in [-0.05, 0) is 83.5 Å².